The molecule has 2 aliphatic heterocycles. The Morgan fingerprint density at radius 1 is 1.11 bits per heavy atom. The summed E-state index contributed by atoms with van der Waals surface area (Å²) in [6.07, 6.45) is 7.78. The summed E-state index contributed by atoms with van der Waals surface area (Å²) in [7, 11) is 0. The van der Waals surface area contributed by atoms with Gasteiger partial charge < -0.3 is 4.90 Å². The Balaban J connectivity index is 1.78. The van der Waals surface area contributed by atoms with Crippen molar-refractivity contribution in [2.24, 2.45) is 0 Å². The normalized spacial score (nSPS) is 27.9. The fraction of sp³-hybridized carbons (Fsp3) is 0.733. The van der Waals surface area contributed by atoms with Crippen LogP contribution in [0.3, 0.4) is 0 Å². The highest BCUT2D eigenvalue weighted by Gasteiger charge is 2.38. The van der Waals surface area contributed by atoms with Gasteiger partial charge in [-0.3, -0.25) is 4.90 Å². The Labute approximate surface area is 115 Å². The van der Waals surface area contributed by atoms with E-state index in [4.69, 9.17) is 0 Å². The zero-order valence-electron chi connectivity index (χ0n) is 12.2. The molecule has 0 amide bonds. The number of hydrogen-bond donors (Lipinski definition) is 0. The molecule has 1 aromatic heterocycles. The van der Waals surface area contributed by atoms with Crippen LogP contribution in [-0.2, 0) is 0 Å². The second-order valence-corrected chi connectivity index (χ2v) is 6.22. The van der Waals surface area contributed by atoms with Crippen molar-refractivity contribution in [3.8, 4) is 0 Å². The number of anilines is 1. The average molecular weight is 260 g/mol. The van der Waals surface area contributed by atoms with Crippen LogP contribution in [0.2, 0.25) is 0 Å². The number of fused-ring (bicyclic) bond motifs is 2. The number of aromatic nitrogens is 2. The molecular formula is C15H24N4. The first-order valence-corrected chi connectivity index (χ1v) is 7.46. The van der Waals surface area contributed by atoms with E-state index >= 15 is 0 Å². The molecular weight excluding hydrogens is 236 g/mol. The molecule has 0 saturated carbocycles. The predicted octanol–water partition coefficient (Wildman–Crippen LogP) is 2.24. The Hall–Kier alpha value is -1.16. The summed E-state index contributed by atoms with van der Waals surface area (Å²) in [6, 6.07) is 2.09. The van der Waals surface area contributed by atoms with Crippen molar-refractivity contribution in [3.63, 3.8) is 0 Å². The minimum absolute atomic E-state index is 0.649. The van der Waals surface area contributed by atoms with Gasteiger partial charge in [-0.25, -0.2) is 9.97 Å². The van der Waals surface area contributed by atoms with Crippen LogP contribution in [0.25, 0.3) is 0 Å². The molecule has 2 saturated heterocycles. The third kappa shape index (κ3) is 2.46. The zero-order valence-corrected chi connectivity index (χ0v) is 12.2. The minimum atomic E-state index is 0.649. The molecule has 2 atom stereocenters. The maximum absolute atomic E-state index is 4.49. The van der Waals surface area contributed by atoms with Gasteiger partial charge in [0.2, 0.25) is 5.95 Å². The third-order valence-electron chi connectivity index (χ3n) is 4.49. The molecule has 1 aromatic rings. The van der Waals surface area contributed by atoms with Crippen LogP contribution in [0, 0.1) is 6.92 Å². The Kier molecular flexibility index (Phi) is 3.44. The predicted molar refractivity (Wildman–Crippen MR) is 77.4 cm³/mol. The van der Waals surface area contributed by atoms with Crippen molar-refractivity contribution in [2.45, 2.75) is 58.2 Å². The summed E-state index contributed by atoms with van der Waals surface area (Å²) in [5.41, 5.74) is 1.13. The van der Waals surface area contributed by atoms with Crippen molar-refractivity contribution in [2.75, 3.05) is 18.0 Å². The van der Waals surface area contributed by atoms with Crippen LogP contribution in [0.5, 0.6) is 0 Å². The molecule has 0 aromatic carbocycles. The summed E-state index contributed by atoms with van der Waals surface area (Å²) in [5, 5.41) is 0. The van der Waals surface area contributed by atoms with Gasteiger partial charge in [-0.1, -0.05) is 0 Å². The first-order valence-electron chi connectivity index (χ1n) is 7.46. The lowest BCUT2D eigenvalue weighted by Crippen LogP contribution is -2.43. The van der Waals surface area contributed by atoms with Crippen LogP contribution in [-0.4, -0.2) is 46.1 Å². The van der Waals surface area contributed by atoms with E-state index in [1.165, 1.54) is 19.3 Å². The second-order valence-electron chi connectivity index (χ2n) is 6.22. The Bertz CT molecular complexity index is 428. The molecule has 0 spiro atoms. The van der Waals surface area contributed by atoms with E-state index in [0.717, 1.165) is 30.6 Å². The summed E-state index contributed by atoms with van der Waals surface area (Å²) in [6.45, 7) is 8.85. The van der Waals surface area contributed by atoms with Crippen molar-refractivity contribution in [3.05, 3.63) is 18.0 Å². The molecule has 0 radical (unpaired) electrons. The van der Waals surface area contributed by atoms with Crippen molar-refractivity contribution >= 4 is 5.95 Å². The van der Waals surface area contributed by atoms with Gasteiger partial charge in [-0.15, -0.1) is 0 Å². The molecule has 2 aliphatic rings. The van der Waals surface area contributed by atoms with Gasteiger partial charge in [0.15, 0.2) is 0 Å². The first-order chi connectivity index (χ1) is 9.15. The van der Waals surface area contributed by atoms with Gasteiger partial charge in [0.05, 0.1) is 0 Å². The molecule has 0 aliphatic carbocycles. The molecule has 3 heterocycles. The smallest absolute Gasteiger partial charge is 0.225 e. The molecule has 104 valence electrons. The van der Waals surface area contributed by atoms with Gasteiger partial charge in [-0.2, -0.15) is 0 Å². The van der Waals surface area contributed by atoms with Crippen molar-refractivity contribution in [1.82, 2.24) is 14.9 Å². The Morgan fingerprint density at radius 3 is 2.47 bits per heavy atom. The van der Waals surface area contributed by atoms with Gasteiger partial charge >= 0.3 is 0 Å². The quantitative estimate of drug-likeness (QED) is 0.816. The summed E-state index contributed by atoms with van der Waals surface area (Å²) >= 11 is 0. The van der Waals surface area contributed by atoms with Crippen LogP contribution in [0.1, 0.15) is 38.7 Å². The monoisotopic (exact) mass is 260 g/mol. The molecule has 2 unspecified atom stereocenters. The lowest BCUT2D eigenvalue weighted by atomic mass is 10.1. The number of rotatable bonds is 2. The Morgan fingerprint density at radius 2 is 1.79 bits per heavy atom. The fourth-order valence-corrected chi connectivity index (χ4v) is 3.68. The molecule has 0 N–H and O–H groups in total. The molecule has 4 heteroatoms. The van der Waals surface area contributed by atoms with E-state index in [9.17, 15) is 0 Å². The van der Waals surface area contributed by atoms with Crippen LogP contribution in [0.15, 0.2) is 12.4 Å². The summed E-state index contributed by atoms with van der Waals surface area (Å²) in [5.74, 6) is 0.904. The van der Waals surface area contributed by atoms with Gasteiger partial charge in [-0.05, 0) is 45.6 Å². The lowest BCUT2D eigenvalue weighted by Gasteiger charge is -2.32. The molecule has 2 bridgehead atoms. The number of nitrogens with zero attached hydrogens (tertiary/aromatic N) is 4. The highest BCUT2D eigenvalue weighted by atomic mass is 15.3. The fourth-order valence-electron chi connectivity index (χ4n) is 3.68. The second kappa shape index (κ2) is 5.08. The van der Waals surface area contributed by atoms with E-state index < -0.39 is 0 Å². The first kappa shape index (κ1) is 12.9. The lowest BCUT2D eigenvalue weighted by molar-refractivity contribution is 0.158. The van der Waals surface area contributed by atoms with Gasteiger partial charge in [0.25, 0.3) is 0 Å². The summed E-state index contributed by atoms with van der Waals surface area (Å²) < 4.78 is 0. The number of aryl methyl sites for hydroxylation is 1. The molecule has 4 nitrogen and oxygen atoms in total. The number of hydrogen-bond acceptors (Lipinski definition) is 4. The van der Waals surface area contributed by atoms with Crippen LogP contribution >= 0.6 is 0 Å². The molecule has 2 fully saturated rings. The van der Waals surface area contributed by atoms with E-state index in [2.05, 4.69) is 33.6 Å². The van der Waals surface area contributed by atoms with E-state index in [-0.39, 0.29) is 0 Å². The summed E-state index contributed by atoms with van der Waals surface area (Å²) in [4.78, 5) is 14.1. The standard InChI is InChI=1S/C15H24N4/c1-11(2)19-13-4-5-14(19)10-18(7-6-13)15-16-8-12(3)9-17-15/h8-9,11,13-14H,4-7,10H2,1-3H3. The molecule has 19 heavy (non-hydrogen) atoms. The average Bonchev–Trinajstić information content (AvgIpc) is 2.66. The topological polar surface area (TPSA) is 32.3 Å². The van der Waals surface area contributed by atoms with E-state index in [1.807, 2.05) is 19.3 Å². The molecule has 3 rings (SSSR count). The SMILES string of the molecule is Cc1cnc(N2CCC3CCC(C2)N3C(C)C)nc1. The highest BCUT2D eigenvalue weighted by Crippen LogP contribution is 2.32. The van der Waals surface area contributed by atoms with Crippen molar-refractivity contribution < 1.29 is 0 Å². The van der Waals surface area contributed by atoms with Crippen molar-refractivity contribution in [1.29, 1.82) is 0 Å². The highest BCUT2D eigenvalue weighted by molar-refractivity contribution is 5.31. The van der Waals surface area contributed by atoms with E-state index in [1.54, 1.807) is 0 Å². The largest absolute Gasteiger partial charge is 0.339 e. The van der Waals surface area contributed by atoms with Gasteiger partial charge in [0.1, 0.15) is 0 Å². The zero-order chi connectivity index (χ0) is 13.4. The van der Waals surface area contributed by atoms with Crippen LogP contribution in [0.4, 0.5) is 5.95 Å². The maximum Gasteiger partial charge on any atom is 0.225 e. The maximum atomic E-state index is 4.49. The van der Waals surface area contributed by atoms with Crippen LogP contribution < -0.4 is 4.90 Å². The third-order valence-corrected chi connectivity index (χ3v) is 4.49. The minimum Gasteiger partial charge on any atom is -0.339 e. The van der Waals surface area contributed by atoms with E-state index in [0.29, 0.717) is 12.1 Å². The van der Waals surface area contributed by atoms with Gasteiger partial charge in [0, 0.05) is 43.6 Å².